The summed E-state index contributed by atoms with van der Waals surface area (Å²) in [5.41, 5.74) is 0. The molecule has 0 aliphatic heterocycles. The monoisotopic (exact) mass is 630 g/mol. The Morgan fingerprint density at radius 3 is 0.688 bits per heavy atom. The minimum atomic E-state index is -6.25. The molecule has 0 spiro atoms. The highest BCUT2D eigenvalue weighted by molar-refractivity contribution is 8.76. The highest BCUT2D eigenvalue weighted by atomic mass is 33.1. The van der Waals surface area contributed by atoms with Gasteiger partial charge in [-0.2, -0.15) is 50.5 Å². The maximum Gasteiger partial charge on any atom is 0.346 e. The van der Waals surface area contributed by atoms with Crippen molar-refractivity contribution < 1.29 is 77.8 Å². The van der Waals surface area contributed by atoms with E-state index < -0.39 is 91.9 Å². The molecule has 0 aliphatic rings. The van der Waals surface area contributed by atoms with Gasteiger partial charge in [0.15, 0.2) is 0 Å². The van der Waals surface area contributed by atoms with Gasteiger partial charge >= 0.3 is 67.5 Å². The van der Waals surface area contributed by atoms with Crippen molar-refractivity contribution in [1.82, 2.24) is 0 Å². The molecule has 0 saturated heterocycles. The van der Waals surface area contributed by atoms with E-state index in [-0.39, 0.29) is 21.6 Å². The summed E-state index contributed by atoms with van der Waals surface area (Å²) in [5, 5.41) is 0. The molecule has 18 nitrogen and oxygen atoms in total. The standard InChI is InChI=1S/C6H14O18S8/c7-27(8,9)5(28(10,11)12,29(13,14)15)1-3-25-26-4-2-6(30(16,17)18,31(19,20)21)32(22,23)24/h1-4H2,(H,7,8,9)(H,10,11,12)(H,13,14,15)(H,16,17,18)(H,19,20,21)(H,22,23,24). The van der Waals surface area contributed by atoms with E-state index in [1.807, 2.05) is 0 Å². The largest absolute Gasteiger partial charge is 0.346 e. The average Bonchev–Trinajstić information content (AvgIpc) is 2.41. The first-order valence-corrected chi connectivity index (χ1v) is 17.9. The lowest BCUT2D eigenvalue weighted by Crippen LogP contribution is -2.52. The van der Waals surface area contributed by atoms with E-state index in [0.717, 1.165) is 0 Å². The topological polar surface area (TPSA) is 326 Å². The van der Waals surface area contributed by atoms with Gasteiger partial charge in [0.1, 0.15) is 0 Å². The van der Waals surface area contributed by atoms with E-state index in [1.165, 1.54) is 0 Å². The van der Waals surface area contributed by atoms with Crippen LogP contribution in [0.5, 0.6) is 0 Å². The highest BCUT2D eigenvalue weighted by Crippen LogP contribution is 2.39. The van der Waals surface area contributed by atoms with Gasteiger partial charge in [0.05, 0.1) is 0 Å². The lowest BCUT2D eigenvalue weighted by molar-refractivity contribution is 0.414. The molecule has 0 aromatic heterocycles. The van der Waals surface area contributed by atoms with Crippen LogP contribution in [0.15, 0.2) is 0 Å². The normalized spacial score (nSPS) is 15.6. The Morgan fingerprint density at radius 1 is 0.406 bits per heavy atom. The van der Waals surface area contributed by atoms with E-state index >= 15 is 0 Å². The summed E-state index contributed by atoms with van der Waals surface area (Å²) in [6.45, 7) is 0. The van der Waals surface area contributed by atoms with E-state index in [9.17, 15) is 50.5 Å². The summed E-state index contributed by atoms with van der Waals surface area (Å²) >= 11 is 0. The minimum Gasteiger partial charge on any atom is -0.283 e. The first-order chi connectivity index (χ1) is 13.7. The molecule has 0 heterocycles. The van der Waals surface area contributed by atoms with Crippen molar-refractivity contribution in [2.24, 2.45) is 0 Å². The Morgan fingerprint density at radius 2 is 0.562 bits per heavy atom. The lowest BCUT2D eigenvalue weighted by atomic mass is 10.5. The molecule has 0 saturated carbocycles. The van der Waals surface area contributed by atoms with Crippen LogP contribution in [0.4, 0.5) is 0 Å². The lowest BCUT2D eigenvalue weighted by Gasteiger charge is -2.24. The first kappa shape index (κ1) is 32.2. The van der Waals surface area contributed by atoms with Crippen molar-refractivity contribution in [3.63, 3.8) is 0 Å². The summed E-state index contributed by atoms with van der Waals surface area (Å²) in [5.74, 6) is -2.05. The fourth-order valence-corrected chi connectivity index (χ4v) is 13.6. The van der Waals surface area contributed by atoms with Crippen LogP contribution in [-0.2, 0) is 60.7 Å². The molecule has 0 radical (unpaired) electrons. The third-order valence-corrected chi connectivity index (χ3v) is 19.4. The van der Waals surface area contributed by atoms with E-state index in [4.69, 9.17) is 27.3 Å². The van der Waals surface area contributed by atoms with Crippen LogP contribution in [0.2, 0.25) is 0 Å². The van der Waals surface area contributed by atoms with Crippen molar-refractivity contribution in [3.8, 4) is 0 Å². The van der Waals surface area contributed by atoms with Gasteiger partial charge in [0.25, 0.3) is 0 Å². The smallest absolute Gasteiger partial charge is 0.283 e. The molecule has 6 N–H and O–H groups in total. The summed E-state index contributed by atoms with van der Waals surface area (Å²) < 4.78 is 180. The van der Waals surface area contributed by atoms with Gasteiger partial charge in [-0.3, -0.25) is 27.3 Å². The Labute approximate surface area is 190 Å². The molecule has 0 atom stereocenters. The zero-order valence-corrected chi connectivity index (χ0v) is 21.2. The summed E-state index contributed by atoms with van der Waals surface area (Å²) in [6, 6.07) is 0. The number of hydrogen-bond donors (Lipinski definition) is 6. The highest BCUT2D eigenvalue weighted by Gasteiger charge is 2.66. The van der Waals surface area contributed by atoms with Crippen LogP contribution >= 0.6 is 21.6 Å². The molecule has 0 unspecified atom stereocenters. The molecule has 0 aromatic carbocycles. The second kappa shape index (κ2) is 9.66. The quantitative estimate of drug-likeness (QED) is 0.0712. The van der Waals surface area contributed by atoms with Gasteiger partial charge in [-0.25, -0.2) is 0 Å². The van der Waals surface area contributed by atoms with Crippen LogP contribution in [0, 0.1) is 0 Å². The number of hydrogen-bond acceptors (Lipinski definition) is 14. The van der Waals surface area contributed by atoms with Crippen molar-refractivity contribution in [1.29, 1.82) is 0 Å². The van der Waals surface area contributed by atoms with Gasteiger partial charge in [0.2, 0.25) is 0 Å². The Hall–Kier alpha value is 0.160. The van der Waals surface area contributed by atoms with Crippen LogP contribution in [0.3, 0.4) is 0 Å². The number of rotatable bonds is 13. The molecule has 0 amide bonds. The molecule has 0 aromatic rings. The van der Waals surface area contributed by atoms with Crippen molar-refractivity contribution in [3.05, 3.63) is 0 Å². The van der Waals surface area contributed by atoms with Gasteiger partial charge < -0.3 is 0 Å². The van der Waals surface area contributed by atoms with Crippen LogP contribution in [0.25, 0.3) is 0 Å². The van der Waals surface area contributed by atoms with Crippen molar-refractivity contribution in [2.45, 2.75) is 19.7 Å². The summed E-state index contributed by atoms with van der Waals surface area (Å²) in [7, 11) is -37.2. The van der Waals surface area contributed by atoms with E-state index in [2.05, 4.69) is 0 Å². The predicted molar refractivity (Wildman–Crippen MR) is 109 cm³/mol. The van der Waals surface area contributed by atoms with Gasteiger partial charge in [0, 0.05) is 24.3 Å². The van der Waals surface area contributed by atoms with Gasteiger partial charge in [-0.05, 0) is 0 Å². The summed E-state index contributed by atoms with van der Waals surface area (Å²) in [6.07, 6.45) is -3.50. The zero-order chi connectivity index (χ0) is 26.2. The van der Waals surface area contributed by atoms with Crippen LogP contribution in [0.1, 0.15) is 12.8 Å². The Kier molecular flexibility index (Phi) is 9.71. The summed E-state index contributed by atoms with van der Waals surface area (Å²) in [4.78, 5) is 0. The Balaban J connectivity index is 5.79. The fraction of sp³-hybridized carbons (Fsp3) is 1.00. The molecule has 0 aliphatic carbocycles. The molecule has 0 bridgehead atoms. The minimum absolute atomic E-state index is 0.162. The molecule has 194 valence electrons. The molecular weight excluding hydrogens is 617 g/mol. The second-order valence-corrected chi connectivity index (χ2v) is 19.5. The SMILES string of the molecule is O=S(=O)(O)C(CCSSCCC(S(=O)(=O)O)(S(=O)(=O)O)S(=O)(=O)O)(S(=O)(=O)O)S(=O)(=O)O. The van der Waals surface area contributed by atoms with Crippen LogP contribution in [-0.4, -0.2) is 96.2 Å². The van der Waals surface area contributed by atoms with Gasteiger partial charge in [-0.15, -0.1) is 0 Å². The first-order valence-electron chi connectivity index (χ1n) is 6.77. The van der Waals surface area contributed by atoms with E-state index in [1.54, 1.807) is 0 Å². The van der Waals surface area contributed by atoms with Crippen LogP contribution < -0.4 is 0 Å². The molecular formula is C6H14O18S8. The molecule has 26 heteroatoms. The molecule has 0 fully saturated rings. The average molecular weight is 631 g/mol. The molecule has 32 heavy (non-hydrogen) atoms. The Bertz CT molecular complexity index is 1080. The maximum absolute atomic E-state index is 11.3. The van der Waals surface area contributed by atoms with Crippen molar-refractivity contribution >= 4 is 82.3 Å². The maximum atomic E-state index is 11.3. The zero-order valence-electron chi connectivity index (χ0n) is 14.7. The molecule has 0 rings (SSSR count). The van der Waals surface area contributed by atoms with Gasteiger partial charge in [-0.1, -0.05) is 21.6 Å². The van der Waals surface area contributed by atoms with Crippen molar-refractivity contribution in [2.75, 3.05) is 11.5 Å². The predicted octanol–water partition coefficient (Wildman–Crippen LogP) is -2.22. The third kappa shape index (κ3) is 6.04. The second-order valence-electron chi connectivity index (χ2n) is 5.36. The third-order valence-electron chi connectivity index (χ3n) is 3.42. The van der Waals surface area contributed by atoms with E-state index in [0.29, 0.717) is 0 Å². The fourth-order valence-electron chi connectivity index (χ4n) is 2.02.